The number of nitrogens with one attached hydrogen (secondary N) is 2. The molecular formula is C8H18N4O. The molecule has 1 aliphatic heterocycles. The van der Waals surface area contributed by atoms with Crippen LogP contribution in [0.1, 0.15) is 6.42 Å². The summed E-state index contributed by atoms with van der Waals surface area (Å²) in [6, 6.07) is -0.430. The highest BCUT2D eigenvalue weighted by atomic mass is 16.2. The van der Waals surface area contributed by atoms with E-state index in [0.29, 0.717) is 6.54 Å². The highest BCUT2D eigenvalue weighted by molar-refractivity contribution is 5.71. The first-order valence-electron chi connectivity index (χ1n) is 4.75. The third-order valence-corrected chi connectivity index (χ3v) is 2.16. The number of rotatable bonds is 4. The molecule has 1 aliphatic rings. The van der Waals surface area contributed by atoms with E-state index in [2.05, 4.69) is 15.5 Å². The molecule has 1 saturated heterocycles. The molecule has 13 heavy (non-hydrogen) atoms. The first-order chi connectivity index (χ1) is 6.29. The number of amides is 2. The average molecular weight is 186 g/mol. The first-order valence-corrected chi connectivity index (χ1v) is 4.75. The fraction of sp³-hybridized carbons (Fsp3) is 0.875. The van der Waals surface area contributed by atoms with E-state index in [0.717, 1.165) is 39.1 Å². The minimum Gasteiger partial charge on any atom is -0.352 e. The normalized spacial score (nSPS) is 18.5. The van der Waals surface area contributed by atoms with Gasteiger partial charge in [0.05, 0.1) is 0 Å². The highest BCUT2D eigenvalue weighted by Crippen LogP contribution is 1.93. The summed E-state index contributed by atoms with van der Waals surface area (Å²) in [7, 11) is 0. The zero-order valence-corrected chi connectivity index (χ0v) is 7.88. The van der Waals surface area contributed by atoms with Gasteiger partial charge in [-0.1, -0.05) is 0 Å². The van der Waals surface area contributed by atoms with Gasteiger partial charge in [0.15, 0.2) is 0 Å². The Morgan fingerprint density at radius 1 is 1.46 bits per heavy atom. The molecule has 4 N–H and O–H groups in total. The van der Waals surface area contributed by atoms with Gasteiger partial charge in [-0.2, -0.15) is 0 Å². The van der Waals surface area contributed by atoms with E-state index in [9.17, 15) is 4.79 Å². The molecular weight excluding hydrogens is 168 g/mol. The number of carbonyl (C=O) groups excluding carboxylic acids is 1. The van der Waals surface area contributed by atoms with E-state index >= 15 is 0 Å². The van der Waals surface area contributed by atoms with E-state index < -0.39 is 6.03 Å². The second-order valence-electron chi connectivity index (χ2n) is 3.24. The lowest BCUT2D eigenvalue weighted by Gasteiger charge is -2.26. The standard InChI is InChI=1S/C8H18N4O/c9-8(13)11-2-1-5-12-6-3-10-4-7-12/h10H,1-7H2,(H3,9,11,13). The highest BCUT2D eigenvalue weighted by Gasteiger charge is 2.07. The van der Waals surface area contributed by atoms with Crippen LogP contribution >= 0.6 is 0 Å². The van der Waals surface area contributed by atoms with E-state index in [4.69, 9.17) is 5.73 Å². The monoisotopic (exact) mass is 186 g/mol. The molecule has 5 heteroatoms. The Labute approximate surface area is 78.6 Å². The molecule has 0 aromatic rings. The second-order valence-corrected chi connectivity index (χ2v) is 3.24. The Hall–Kier alpha value is -0.810. The maximum atomic E-state index is 10.3. The van der Waals surface area contributed by atoms with Gasteiger partial charge in [-0.05, 0) is 13.0 Å². The Kier molecular flexibility index (Phi) is 4.56. The van der Waals surface area contributed by atoms with E-state index in [1.54, 1.807) is 0 Å². The number of hydrogen-bond acceptors (Lipinski definition) is 3. The molecule has 0 unspecified atom stereocenters. The van der Waals surface area contributed by atoms with Crippen molar-refractivity contribution in [1.29, 1.82) is 0 Å². The van der Waals surface area contributed by atoms with Gasteiger partial charge in [0.25, 0.3) is 0 Å². The van der Waals surface area contributed by atoms with Crippen molar-refractivity contribution in [2.45, 2.75) is 6.42 Å². The molecule has 1 heterocycles. The van der Waals surface area contributed by atoms with Gasteiger partial charge < -0.3 is 21.3 Å². The summed E-state index contributed by atoms with van der Waals surface area (Å²) in [6.45, 7) is 6.08. The van der Waals surface area contributed by atoms with Crippen LogP contribution in [-0.4, -0.2) is 50.2 Å². The van der Waals surface area contributed by atoms with Crippen molar-refractivity contribution in [3.8, 4) is 0 Å². The van der Waals surface area contributed by atoms with Crippen LogP contribution in [0.15, 0.2) is 0 Å². The van der Waals surface area contributed by atoms with Crippen molar-refractivity contribution in [2.75, 3.05) is 39.3 Å². The zero-order chi connectivity index (χ0) is 9.52. The Morgan fingerprint density at radius 2 is 2.15 bits per heavy atom. The summed E-state index contributed by atoms with van der Waals surface area (Å²) in [4.78, 5) is 12.7. The molecule has 0 saturated carbocycles. The lowest BCUT2D eigenvalue weighted by molar-refractivity contribution is 0.233. The van der Waals surface area contributed by atoms with Crippen LogP contribution in [0.3, 0.4) is 0 Å². The fourth-order valence-electron chi connectivity index (χ4n) is 1.45. The molecule has 1 rings (SSSR count). The second kappa shape index (κ2) is 5.77. The van der Waals surface area contributed by atoms with Gasteiger partial charge >= 0.3 is 6.03 Å². The third-order valence-electron chi connectivity index (χ3n) is 2.16. The van der Waals surface area contributed by atoms with Crippen molar-refractivity contribution in [2.24, 2.45) is 5.73 Å². The average Bonchev–Trinajstić information content (AvgIpc) is 2.14. The summed E-state index contributed by atoms with van der Waals surface area (Å²) in [5, 5.41) is 5.87. The summed E-state index contributed by atoms with van der Waals surface area (Å²) >= 11 is 0. The number of hydrogen-bond donors (Lipinski definition) is 3. The quantitative estimate of drug-likeness (QED) is 0.491. The van der Waals surface area contributed by atoms with Crippen LogP contribution in [-0.2, 0) is 0 Å². The predicted molar refractivity (Wildman–Crippen MR) is 51.5 cm³/mol. The number of piperazine rings is 1. The minimum atomic E-state index is -0.430. The lowest BCUT2D eigenvalue weighted by atomic mass is 10.3. The van der Waals surface area contributed by atoms with Crippen LogP contribution in [0.4, 0.5) is 4.79 Å². The van der Waals surface area contributed by atoms with Crippen molar-refractivity contribution in [1.82, 2.24) is 15.5 Å². The predicted octanol–water partition coefficient (Wildman–Crippen LogP) is -1.05. The summed E-state index contributed by atoms with van der Waals surface area (Å²) in [6.07, 6.45) is 0.975. The molecule has 0 bridgehead atoms. The number of nitrogens with zero attached hydrogens (tertiary/aromatic N) is 1. The Morgan fingerprint density at radius 3 is 2.77 bits per heavy atom. The van der Waals surface area contributed by atoms with Gasteiger partial charge in [-0.3, -0.25) is 0 Å². The molecule has 5 nitrogen and oxygen atoms in total. The molecule has 2 amide bonds. The number of carbonyl (C=O) groups is 1. The van der Waals surface area contributed by atoms with E-state index in [1.807, 2.05) is 0 Å². The smallest absolute Gasteiger partial charge is 0.312 e. The van der Waals surface area contributed by atoms with E-state index in [1.165, 1.54) is 0 Å². The van der Waals surface area contributed by atoms with Crippen LogP contribution < -0.4 is 16.4 Å². The molecule has 0 radical (unpaired) electrons. The zero-order valence-electron chi connectivity index (χ0n) is 7.88. The Balaban J connectivity index is 1.95. The maximum absolute atomic E-state index is 10.3. The van der Waals surface area contributed by atoms with Gasteiger partial charge in [0, 0.05) is 32.7 Å². The van der Waals surface area contributed by atoms with Crippen molar-refractivity contribution in [3.05, 3.63) is 0 Å². The minimum absolute atomic E-state index is 0.430. The maximum Gasteiger partial charge on any atom is 0.312 e. The molecule has 1 fully saturated rings. The third kappa shape index (κ3) is 4.69. The summed E-state index contributed by atoms with van der Waals surface area (Å²) in [5.41, 5.74) is 4.94. The Bertz CT molecular complexity index is 156. The van der Waals surface area contributed by atoms with Crippen LogP contribution in [0, 0.1) is 0 Å². The SMILES string of the molecule is NC(=O)NCCCN1CCNCC1. The number of primary amides is 1. The molecule has 0 atom stereocenters. The van der Waals surface area contributed by atoms with Crippen LogP contribution in [0.25, 0.3) is 0 Å². The largest absolute Gasteiger partial charge is 0.352 e. The van der Waals surface area contributed by atoms with Crippen molar-refractivity contribution >= 4 is 6.03 Å². The number of nitrogens with two attached hydrogens (primary N) is 1. The van der Waals surface area contributed by atoms with Gasteiger partial charge in [0.2, 0.25) is 0 Å². The van der Waals surface area contributed by atoms with Crippen LogP contribution in [0.5, 0.6) is 0 Å². The molecule has 0 aliphatic carbocycles. The topological polar surface area (TPSA) is 70.4 Å². The fourth-order valence-corrected chi connectivity index (χ4v) is 1.45. The van der Waals surface area contributed by atoms with Crippen molar-refractivity contribution in [3.63, 3.8) is 0 Å². The number of urea groups is 1. The van der Waals surface area contributed by atoms with Gasteiger partial charge in [0.1, 0.15) is 0 Å². The molecule has 0 spiro atoms. The summed E-state index contributed by atoms with van der Waals surface area (Å²) in [5.74, 6) is 0. The molecule has 76 valence electrons. The first kappa shape index (κ1) is 10.3. The van der Waals surface area contributed by atoms with Crippen molar-refractivity contribution < 1.29 is 4.79 Å². The summed E-state index contributed by atoms with van der Waals surface area (Å²) < 4.78 is 0. The van der Waals surface area contributed by atoms with Gasteiger partial charge in [-0.15, -0.1) is 0 Å². The van der Waals surface area contributed by atoms with Crippen LogP contribution in [0.2, 0.25) is 0 Å². The van der Waals surface area contributed by atoms with Gasteiger partial charge in [-0.25, -0.2) is 4.79 Å². The van der Waals surface area contributed by atoms with E-state index in [-0.39, 0.29) is 0 Å². The molecule has 0 aromatic carbocycles. The molecule has 0 aromatic heterocycles. The lowest BCUT2D eigenvalue weighted by Crippen LogP contribution is -2.44.